The largest absolute Gasteiger partial charge is 0.490 e. The Morgan fingerprint density at radius 3 is 2.64 bits per heavy atom. The number of hydrogen-bond acceptors (Lipinski definition) is 2. The van der Waals surface area contributed by atoms with Crippen molar-refractivity contribution in [2.24, 2.45) is 0 Å². The lowest BCUT2D eigenvalue weighted by Gasteiger charge is -2.07. The number of aromatic nitrogens is 2. The number of benzene rings is 1. The molecule has 0 radical (unpaired) electrons. The average Bonchev–Trinajstić information content (AvgIpc) is 2.47. The Balaban J connectivity index is 2.76. The first-order valence-corrected chi connectivity index (χ1v) is 3.79. The number of rotatable bonds is 0. The summed E-state index contributed by atoms with van der Waals surface area (Å²) in [6, 6.07) is 4.30. The average molecular weight is 201 g/mol. The van der Waals surface area contributed by atoms with Crippen LogP contribution in [0.5, 0.6) is 0 Å². The second kappa shape index (κ2) is 2.63. The van der Waals surface area contributed by atoms with Crippen LogP contribution in [0.25, 0.3) is 11.0 Å². The second-order valence-electron chi connectivity index (χ2n) is 2.80. The molecule has 1 aromatic heterocycles. The summed E-state index contributed by atoms with van der Waals surface area (Å²) < 4.78 is 37.2. The molecule has 0 fully saturated rings. The smallest absolute Gasteiger partial charge is 0.397 e. The highest BCUT2D eigenvalue weighted by Crippen LogP contribution is 2.28. The molecule has 0 aliphatic carbocycles. The molecule has 0 aliphatic rings. The highest BCUT2D eigenvalue weighted by Gasteiger charge is 2.32. The van der Waals surface area contributed by atoms with Gasteiger partial charge in [0.05, 0.1) is 11.2 Å². The number of fused-ring (bicyclic) bond motifs is 1. The third-order valence-electron chi connectivity index (χ3n) is 1.88. The van der Waals surface area contributed by atoms with Gasteiger partial charge < -0.3 is 5.73 Å². The topological polar surface area (TPSA) is 43.8 Å². The summed E-state index contributed by atoms with van der Waals surface area (Å²) in [4.78, 5) is 3.60. The minimum atomic E-state index is -4.46. The second-order valence-corrected chi connectivity index (χ2v) is 2.80. The monoisotopic (exact) mass is 201 g/mol. The van der Waals surface area contributed by atoms with E-state index in [1.165, 1.54) is 18.2 Å². The van der Waals surface area contributed by atoms with Gasteiger partial charge >= 0.3 is 6.30 Å². The van der Waals surface area contributed by atoms with Gasteiger partial charge in [0.2, 0.25) is 0 Å². The van der Waals surface area contributed by atoms with Crippen LogP contribution in [0.1, 0.15) is 0 Å². The van der Waals surface area contributed by atoms with Gasteiger partial charge in [-0.15, -0.1) is 13.2 Å². The number of imidazole rings is 1. The van der Waals surface area contributed by atoms with Crippen LogP contribution >= 0.6 is 0 Å². The van der Waals surface area contributed by atoms with Gasteiger partial charge in [-0.3, -0.25) is 0 Å². The maximum absolute atomic E-state index is 12.4. The SMILES string of the molecule is Nc1cccc2c1ncn2C(F)(F)F. The lowest BCUT2D eigenvalue weighted by atomic mass is 10.3. The van der Waals surface area contributed by atoms with Crippen molar-refractivity contribution < 1.29 is 13.2 Å². The van der Waals surface area contributed by atoms with E-state index in [4.69, 9.17) is 5.73 Å². The van der Waals surface area contributed by atoms with Crippen LogP contribution in [0.3, 0.4) is 0 Å². The molecule has 2 aromatic rings. The Morgan fingerprint density at radius 2 is 2.00 bits per heavy atom. The normalized spacial score (nSPS) is 12.2. The predicted molar refractivity (Wildman–Crippen MR) is 45.4 cm³/mol. The summed E-state index contributed by atoms with van der Waals surface area (Å²) in [5, 5.41) is 0. The Morgan fingerprint density at radius 1 is 1.29 bits per heavy atom. The van der Waals surface area contributed by atoms with Gasteiger partial charge in [0.1, 0.15) is 11.8 Å². The highest BCUT2D eigenvalue weighted by molar-refractivity contribution is 5.87. The van der Waals surface area contributed by atoms with E-state index >= 15 is 0 Å². The number of hydrogen-bond donors (Lipinski definition) is 1. The molecule has 14 heavy (non-hydrogen) atoms. The van der Waals surface area contributed by atoms with Crippen molar-refractivity contribution in [1.82, 2.24) is 9.55 Å². The molecule has 0 atom stereocenters. The summed E-state index contributed by atoms with van der Waals surface area (Å²) in [5.74, 6) is 0. The van der Waals surface area contributed by atoms with Crippen molar-refractivity contribution >= 4 is 16.7 Å². The molecule has 74 valence electrons. The first kappa shape index (κ1) is 8.86. The van der Waals surface area contributed by atoms with Gasteiger partial charge in [0.25, 0.3) is 0 Å². The summed E-state index contributed by atoms with van der Waals surface area (Å²) in [5.41, 5.74) is 5.85. The molecule has 0 unspecified atom stereocenters. The first-order chi connectivity index (χ1) is 6.50. The molecule has 3 nitrogen and oxygen atoms in total. The molecule has 1 heterocycles. The van der Waals surface area contributed by atoms with Gasteiger partial charge in [-0.1, -0.05) is 6.07 Å². The van der Waals surface area contributed by atoms with E-state index in [1.54, 1.807) is 0 Å². The Bertz CT molecular complexity index is 472. The van der Waals surface area contributed by atoms with Crippen LogP contribution in [0.4, 0.5) is 18.9 Å². The molecule has 2 N–H and O–H groups in total. The van der Waals surface area contributed by atoms with Crippen LogP contribution in [0.15, 0.2) is 24.5 Å². The van der Waals surface area contributed by atoms with E-state index in [0.717, 1.165) is 6.33 Å². The van der Waals surface area contributed by atoms with Crippen molar-refractivity contribution in [3.8, 4) is 0 Å². The lowest BCUT2D eigenvalue weighted by molar-refractivity contribution is -0.201. The minimum absolute atomic E-state index is 0.0301. The summed E-state index contributed by atoms with van der Waals surface area (Å²) in [7, 11) is 0. The fourth-order valence-electron chi connectivity index (χ4n) is 1.26. The zero-order chi connectivity index (χ0) is 10.3. The maximum Gasteiger partial charge on any atom is 0.490 e. The van der Waals surface area contributed by atoms with Crippen molar-refractivity contribution in [3.63, 3.8) is 0 Å². The number of nitrogen functional groups attached to an aromatic ring is 1. The zero-order valence-corrected chi connectivity index (χ0v) is 6.92. The minimum Gasteiger partial charge on any atom is -0.397 e. The molecular weight excluding hydrogens is 195 g/mol. The molecule has 2 rings (SSSR count). The highest BCUT2D eigenvalue weighted by atomic mass is 19.4. The van der Waals surface area contributed by atoms with E-state index in [1.807, 2.05) is 0 Å². The third-order valence-corrected chi connectivity index (χ3v) is 1.88. The van der Waals surface area contributed by atoms with Crippen LogP contribution < -0.4 is 5.73 Å². The fourth-order valence-corrected chi connectivity index (χ4v) is 1.26. The van der Waals surface area contributed by atoms with E-state index in [-0.39, 0.29) is 21.3 Å². The van der Waals surface area contributed by atoms with E-state index in [0.29, 0.717) is 0 Å². The zero-order valence-electron chi connectivity index (χ0n) is 6.92. The van der Waals surface area contributed by atoms with Crippen molar-refractivity contribution in [3.05, 3.63) is 24.5 Å². The number of nitrogens with two attached hydrogens (primary N) is 1. The molecular formula is C8H6F3N3. The summed E-state index contributed by atoms with van der Waals surface area (Å²) in [6.07, 6.45) is -3.73. The molecule has 0 bridgehead atoms. The third kappa shape index (κ3) is 1.19. The van der Waals surface area contributed by atoms with E-state index in [2.05, 4.69) is 4.98 Å². The van der Waals surface area contributed by atoms with Gasteiger partial charge in [-0.25, -0.2) is 9.55 Å². The Kier molecular flexibility index (Phi) is 1.67. The molecule has 0 aliphatic heterocycles. The van der Waals surface area contributed by atoms with E-state index in [9.17, 15) is 13.2 Å². The summed E-state index contributed by atoms with van der Waals surface area (Å²) in [6.45, 7) is 0. The van der Waals surface area contributed by atoms with Crippen molar-refractivity contribution in [2.75, 3.05) is 5.73 Å². The quantitative estimate of drug-likeness (QED) is 0.663. The van der Waals surface area contributed by atoms with E-state index < -0.39 is 6.30 Å². The van der Waals surface area contributed by atoms with Crippen LogP contribution in [-0.2, 0) is 6.30 Å². The number of para-hydroxylation sites is 1. The van der Waals surface area contributed by atoms with Crippen LogP contribution in [0.2, 0.25) is 0 Å². The number of nitrogens with zero attached hydrogens (tertiary/aromatic N) is 2. The standard InChI is InChI=1S/C8H6F3N3/c9-8(10,11)14-4-13-7-5(12)2-1-3-6(7)14/h1-4H,12H2. The first-order valence-electron chi connectivity index (χ1n) is 3.79. The van der Waals surface area contributed by atoms with Crippen LogP contribution in [0, 0.1) is 0 Å². The number of anilines is 1. The lowest BCUT2D eigenvalue weighted by Crippen LogP contribution is -2.14. The molecule has 6 heteroatoms. The molecule has 1 aromatic carbocycles. The fraction of sp³-hybridized carbons (Fsp3) is 0.125. The van der Waals surface area contributed by atoms with Gasteiger partial charge in [0, 0.05) is 0 Å². The molecule has 0 amide bonds. The molecule has 0 saturated carbocycles. The molecule has 0 saturated heterocycles. The Labute approximate surface area is 77.0 Å². The molecule has 0 spiro atoms. The van der Waals surface area contributed by atoms with Crippen molar-refractivity contribution in [2.45, 2.75) is 6.30 Å². The number of halogens is 3. The van der Waals surface area contributed by atoms with Gasteiger partial charge in [-0.2, -0.15) is 0 Å². The maximum atomic E-state index is 12.4. The Hall–Kier alpha value is -1.72. The van der Waals surface area contributed by atoms with Gasteiger partial charge in [0.15, 0.2) is 0 Å². The predicted octanol–water partition coefficient (Wildman–Crippen LogP) is 2.09. The number of alkyl halides is 3. The van der Waals surface area contributed by atoms with Gasteiger partial charge in [-0.05, 0) is 12.1 Å². The summed E-state index contributed by atoms with van der Waals surface area (Å²) >= 11 is 0. The van der Waals surface area contributed by atoms with Crippen molar-refractivity contribution in [1.29, 1.82) is 0 Å². The van der Waals surface area contributed by atoms with Crippen LogP contribution in [-0.4, -0.2) is 9.55 Å².